The Labute approximate surface area is 168 Å². The molecule has 2 aromatic carbocycles. The highest BCUT2D eigenvalue weighted by atomic mass is 32.1. The standard InChI is InChI=1S/C20H16N4O4S/c1-11-4-3-5-12(8-11)24-18(26)14(17(25)23-20(24)27)10-21-19-22-15-7-6-13(28-2)9-16(15)29-19/h3-10,26H,1-2H3,(H,23,25,27). The molecule has 0 unspecified atom stereocenters. The number of aliphatic imine (C=N–C) groups is 1. The zero-order valence-corrected chi connectivity index (χ0v) is 16.4. The number of methoxy groups -OCH3 is 1. The molecule has 0 aliphatic rings. The van der Waals surface area contributed by atoms with E-state index in [-0.39, 0.29) is 5.56 Å². The first kappa shape index (κ1) is 18.6. The van der Waals surface area contributed by atoms with Gasteiger partial charge in [-0.15, -0.1) is 0 Å². The van der Waals surface area contributed by atoms with Crippen molar-refractivity contribution in [1.29, 1.82) is 0 Å². The molecule has 2 heterocycles. The number of aryl methyl sites for hydroxylation is 1. The fraction of sp³-hybridized carbons (Fsp3) is 0.100. The van der Waals surface area contributed by atoms with Gasteiger partial charge in [0.2, 0.25) is 11.0 Å². The summed E-state index contributed by atoms with van der Waals surface area (Å²) < 4.78 is 7.10. The zero-order valence-electron chi connectivity index (χ0n) is 15.5. The minimum atomic E-state index is -0.734. The predicted octanol–water partition coefficient (Wildman–Crippen LogP) is 2.91. The molecule has 2 aromatic heterocycles. The Hall–Kier alpha value is -3.72. The first-order valence-electron chi connectivity index (χ1n) is 8.60. The summed E-state index contributed by atoms with van der Waals surface area (Å²) in [6.07, 6.45) is 1.20. The Morgan fingerprint density at radius 1 is 1.24 bits per heavy atom. The number of thiazole rings is 1. The highest BCUT2D eigenvalue weighted by molar-refractivity contribution is 7.22. The number of fused-ring (bicyclic) bond motifs is 1. The molecule has 9 heteroatoms. The molecule has 0 spiro atoms. The Bertz CT molecular complexity index is 1370. The SMILES string of the molecule is COc1ccc2nc(N=Cc3c(O)n(-c4cccc(C)c4)c(=O)[nH]c3=O)sc2c1. The van der Waals surface area contributed by atoms with Crippen molar-refractivity contribution in [3.05, 3.63) is 74.4 Å². The number of hydrogen-bond acceptors (Lipinski definition) is 7. The Morgan fingerprint density at radius 2 is 2.07 bits per heavy atom. The number of nitrogens with one attached hydrogen (secondary N) is 1. The quantitative estimate of drug-likeness (QED) is 0.505. The van der Waals surface area contributed by atoms with E-state index in [9.17, 15) is 14.7 Å². The van der Waals surface area contributed by atoms with Crippen LogP contribution in [0.3, 0.4) is 0 Å². The first-order valence-corrected chi connectivity index (χ1v) is 9.42. The highest BCUT2D eigenvalue weighted by Gasteiger charge is 2.14. The van der Waals surface area contributed by atoms with Gasteiger partial charge in [-0.1, -0.05) is 23.5 Å². The topological polar surface area (TPSA) is 110 Å². The van der Waals surface area contributed by atoms with Crippen molar-refractivity contribution in [3.63, 3.8) is 0 Å². The highest BCUT2D eigenvalue weighted by Crippen LogP contribution is 2.30. The normalized spacial score (nSPS) is 11.4. The van der Waals surface area contributed by atoms with Crippen molar-refractivity contribution in [2.24, 2.45) is 4.99 Å². The number of nitrogens with zero attached hydrogens (tertiary/aromatic N) is 3. The summed E-state index contributed by atoms with van der Waals surface area (Å²) >= 11 is 1.31. The number of benzene rings is 2. The number of ether oxygens (including phenoxy) is 1. The van der Waals surface area contributed by atoms with E-state index in [0.29, 0.717) is 16.6 Å². The third-order valence-corrected chi connectivity index (χ3v) is 5.20. The molecule has 0 aliphatic carbocycles. The lowest BCUT2D eigenvalue weighted by molar-refractivity contribution is 0.415. The molecule has 0 radical (unpaired) electrons. The summed E-state index contributed by atoms with van der Waals surface area (Å²) in [6.45, 7) is 1.86. The van der Waals surface area contributed by atoms with Crippen molar-refractivity contribution in [3.8, 4) is 17.3 Å². The molecule has 4 aromatic rings. The lowest BCUT2D eigenvalue weighted by atomic mass is 10.2. The van der Waals surface area contributed by atoms with Gasteiger partial charge in [0.05, 0.1) is 23.0 Å². The largest absolute Gasteiger partial charge is 0.497 e. The number of hydrogen-bond donors (Lipinski definition) is 2. The van der Waals surface area contributed by atoms with Crippen molar-refractivity contribution in [1.82, 2.24) is 14.5 Å². The first-order chi connectivity index (χ1) is 14.0. The van der Waals surface area contributed by atoms with Gasteiger partial charge in [0.15, 0.2) is 0 Å². The molecule has 2 N–H and O–H groups in total. The van der Waals surface area contributed by atoms with Crippen LogP contribution < -0.4 is 16.0 Å². The molecule has 0 bridgehead atoms. The Balaban J connectivity index is 1.78. The van der Waals surface area contributed by atoms with Crippen LogP contribution in [0.4, 0.5) is 5.13 Å². The van der Waals surface area contributed by atoms with Gasteiger partial charge in [0.1, 0.15) is 11.3 Å². The minimum Gasteiger partial charge on any atom is -0.497 e. The van der Waals surface area contributed by atoms with Gasteiger partial charge in [0, 0.05) is 6.21 Å². The van der Waals surface area contributed by atoms with Gasteiger partial charge in [-0.05, 0) is 42.8 Å². The molecule has 8 nitrogen and oxygen atoms in total. The number of H-pyrrole nitrogens is 1. The molecular formula is C20H16N4O4S. The predicted molar refractivity (Wildman–Crippen MR) is 112 cm³/mol. The molecule has 0 amide bonds. The maximum Gasteiger partial charge on any atom is 0.335 e. The molecule has 0 saturated heterocycles. The number of aromatic nitrogens is 3. The van der Waals surface area contributed by atoms with E-state index < -0.39 is 17.1 Å². The van der Waals surface area contributed by atoms with E-state index in [2.05, 4.69) is 15.0 Å². The van der Waals surface area contributed by atoms with Crippen LogP contribution in [0.2, 0.25) is 0 Å². The maximum absolute atomic E-state index is 12.3. The number of rotatable bonds is 4. The van der Waals surface area contributed by atoms with Crippen LogP contribution in [0.25, 0.3) is 15.9 Å². The van der Waals surface area contributed by atoms with Crippen LogP contribution in [-0.2, 0) is 0 Å². The smallest absolute Gasteiger partial charge is 0.335 e. The van der Waals surface area contributed by atoms with Gasteiger partial charge < -0.3 is 9.84 Å². The third kappa shape index (κ3) is 3.55. The van der Waals surface area contributed by atoms with Crippen LogP contribution in [0.5, 0.6) is 11.6 Å². The second-order valence-electron chi connectivity index (χ2n) is 6.26. The van der Waals surface area contributed by atoms with Crippen LogP contribution in [0, 0.1) is 6.92 Å². The van der Waals surface area contributed by atoms with Gasteiger partial charge in [-0.25, -0.2) is 19.3 Å². The van der Waals surface area contributed by atoms with Crippen molar-refractivity contribution in [2.45, 2.75) is 6.92 Å². The second kappa shape index (κ2) is 7.36. The van der Waals surface area contributed by atoms with Crippen LogP contribution in [-0.4, -0.2) is 33.0 Å². The molecule has 0 fully saturated rings. The van der Waals surface area contributed by atoms with E-state index >= 15 is 0 Å². The third-order valence-electron chi connectivity index (χ3n) is 4.27. The van der Waals surface area contributed by atoms with Crippen molar-refractivity contribution >= 4 is 32.9 Å². The van der Waals surface area contributed by atoms with E-state index in [1.807, 2.05) is 25.1 Å². The maximum atomic E-state index is 12.3. The lowest BCUT2D eigenvalue weighted by Crippen LogP contribution is -2.31. The van der Waals surface area contributed by atoms with E-state index in [4.69, 9.17) is 4.74 Å². The fourth-order valence-corrected chi connectivity index (χ4v) is 3.70. The summed E-state index contributed by atoms with van der Waals surface area (Å²) in [5, 5.41) is 11.0. The molecule has 0 saturated carbocycles. The average molecular weight is 408 g/mol. The van der Waals surface area contributed by atoms with Gasteiger partial charge in [-0.2, -0.15) is 0 Å². The summed E-state index contributed by atoms with van der Waals surface area (Å²) in [6, 6.07) is 12.5. The molecule has 0 atom stereocenters. The van der Waals surface area contributed by atoms with Crippen molar-refractivity contribution < 1.29 is 9.84 Å². The zero-order chi connectivity index (χ0) is 20.5. The van der Waals surface area contributed by atoms with Crippen molar-refractivity contribution in [2.75, 3.05) is 7.11 Å². The molecule has 29 heavy (non-hydrogen) atoms. The van der Waals surface area contributed by atoms with Crippen LogP contribution >= 0.6 is 11.3 Å². The van der Waals surface area contributed by atoms with E-state index in [1.54, 1.807) is 31.4 Å². The summed E-state index contributed by atoms with van der Waals surface area (Å²) in [4.78, 5) is 35.3. The summed E-state index contributed by atoms with van der Waals surface area (Å²) in [7, 11) is 1.58. The average Bonchev–Trinajstić information content (AvgIpc) is 3.09. The number of aromatic amines is 1. The second-order valence-corrected chi connectivity index (χ2v) is 7.27. The monoisotopic (exact) mass is 408 g/mol. The fourth-order valence-electron chi connectivity index (χ4n) is 2.86. The summed E-state index contributed by atoms with van der Waals surface area (Å²) in [5.41, 5.74) is 0.477. The molecule has 4 rings (SSSR count). The minimum absolute atomic E-state index is 0.136. The summed E-state index contributed by atoms with van der Waals surface area (Å²) in [5.74, 6) is 0.215. The van der Waals surface area contributed by atoms with E-state index in [0.717, 1.165) is 20.3 Å². The molecule has 146 valence electrons. The number of aromatic hydroxyl groups is 1. The van der Waals surface area contributed by atoms with Gasteiger partial charge in [0.25, 0.3) is 5.56 Å². The van der Waals surface area contributed by atoms with Gasteiger partial charge >= 0.3 is 5.69 Å². The van der Waals surface area contributed by atoms with Gasteiger partial charge in [-0.3, -0.25) is 9.78 Å². The molecule has 0 aliphatic heterocycles. The van der Waals surface area contributed by atoms with E-state index in [1.165, 1.54) is 17.6 Å². The molecular weight excluding hydrogens is 392 g/mol. The Morgan fingerprint density at radius 3 is 2.83 bits per heavy atom. The van der Waals surface area contributed by atoms with Crippen LogP contribution in [0.1, 0.15) is 11.1 Å². The van der Waals surface area contributed by atoms with Crippen LogP contribution in [0.15, 0.2) is 57.0 Å². The Kier molecular flexibility index (Phi) is 4.73. The lowest BCUT2D eigenvalue weighted by Gasteiger charge is -2.09.